The van der Waals surface area contributed by atoms with Gasteiger partial charge in [0.1, 0.15) is 24.0 Å². The quantitative estimate of drug-likeness (QED) is 0.550. The van der Waals surface area contributed by atoms with Crippen LogP contribution < -0.4 is 14.2 Å². The molecule has 0 fully saturated rings. The van der Waals surface area contributed by atoms with Gasteiger partial charge < -0.3 is 33.5 Å². The molecule has 2 aromatic rings. The third-order valence-electron chi connectivity index (χ3n) is 4.14. The first kappa shape index (κ1) is 21.7. The lowest BCUT2D eigenvalue weighted by Gasteiger charge is -2.20. The van der Waals surface area contributed by atoms with E-state index in [4.69, 9.17) is 28.4 Å². The Hall–Kier alpha value is -2.55. The lowest BCUT2D eigenvalue weighted by Crippen LogP contribution is -2.22. The van der Waals surface area contributed by atoms with E-state index in [1.807, 2.05) is 24.3 Å². The number of benzene rings is 2. The third kappa shape index (κ3) is 5.25. The number of methoxy groups -OCH3 is 4. The number of carboxylic acids is 1. The van der Waals surface area contributed by atoms with Gasteiger partial charge in [-0.05, 0) is 12.1 Å². The SMILES string of the molecule is COCOc1cccc2c(OC)c(C[C@@H](CC(=O)O)OCOC)cc(OC)c12. The summed E-state index contributed by atoms with van der Waals surface area (Å²) in [5, 5.41) is 10.7. The summed E-state index contributed by atoms with van der Waals surface area (Å²) in [6.45, 7) is 0.0951. The second-order valence-corrected chi connectivity index (χ2v) is 6.00. The largest absolute Gasteiger partial charge is 0.496 e. The summed E-state index contributed by atoms with van der Waals surface area (Å²) in [6.07, 6.45) is -0.431. The van der Waals surface area contributed by atoms with Gasteiger partial charge in [0.25, 0.3) is 0 Å². The van der Waals surface area contributed by atoms with E-state index >= 15 is 0 Å². The van der Waals surface area contributed by atoms with Crippen molar-refractivity contribution in [3.05, 3.63) is 29.8 Å². The topological polar surface area (TPSA) is 92.7 Å². The fourth-order valence-corrected chi connectivity index (χ4v) is 3.03. The molecule has 0 aromatic heterocycles. The Balaban J connectivity index is 2.52. The number of hydrogen-bond acceptors (Lipinski definition) is 7. The molecule has 0 amide bonds. The van der Waals surface area contributed by atoms with Crippen molar-refractivity contribution in [2.75, 3.05) is 42.0 Å². The van der Waals surface area contributed by atoms with E-state index in [2.05, 4.69) is 0 Å². The molecule has 0 aliphatic carbocycles. The van der Waals surface area contributed by atoms with Gasteiger partial charge in [-0.15, -0.1) is 0 Å². The van der Waals surface area contributed by atoms with Gasteiger partial charge in [0, 0.05) is 31.6 Å². The number of ether oxygens (including phenoxy) is 6. The number of hydrogen-bond donors (Lipinski definition) is 1. The first-order valence-corrected chi connectivity index (χ1v) is 8.66. The van der Waals surface area contributed by atoms with Crippen LogP contribution in [0.15, 0.2) is 24.3 Å². The Bertz CT molecular complexity index is 789. The van der Waals surface area contributed by atoms with E-state index in [1.54, 1.807) is 21.3 Å². The van der Waals surface area contributed by atoms with Gasteiger partial charge in [0.05, 0.1) is 32.1 Å². The minimum atomic E-state index is -0.955. The third-order valence-corrected chi connectivity index (χ3v) is 4.14. The molecule has 0 aliphatic rings. The number of fused-ring (bicyclic) bond motifs is 1. The molecule has 1 N–H and O–H groups in total. The highest BCUT2D eigenvalue weighted by Crippen LogP contribution is 2.42. The van der Waals surface area contributed by atoms with Crippen molar-refractivity contribution in [1.82, 2.24) is 0 Å². The highest BCUT2D eigenvalue weighted by atomic mass is 16.7. The molecule has 154 valence electrons. The van der Waals surface area contributed by atoms with Crippen LogP contribution in [0, 0.1) is 0 Å². The molecule has 0 unspecified atom stereocenters. The van der Waals surface area contributed by atoms with Crippen LogP contribution in [0.1, 0.15) is 12.0 Å². The van der Waals surface area contributed by atoms with Crippen molar-refractivity contribution < 1.29 is 38.3 Å². The lowest BCUT2D eigenvalue weighted by atomic mass is 9.98. The van der Waals surface area contributed by atoms with E-state index in [9.17, 15) is 9.90 Å². The summed E-state index contributed by atoms with van der Waals surface area (Å²) in [5.74, 6) is 0.829. The number of carboxylic acid groups (broad SMARTS) is 1. The van der Waals surface area contributed by atoms with Crippen LogP contribution in [0.5, 0.6) is 17.2 Å². The summed E-state index contributed by atoms with van der Waals surface area (Å²) >= 11 is 0. The molecule has 0 bridgehead atoms. The van der Waals surface area contributed by atoms with Crippen molar-refractivity contribution in [2.24, 2.45) is 0 Å². The molecule has 0 aliphatic heterocycles. The standard InChI is InChI=1S/C20H26O8/c1-23-11-27-14(10-18(21)22)8-13-9-17(25-3)19-15(20(13)26-4)6-5-7-16(19)28-12-24-2/h5-7,9,14H,8,10-12H2,1-4H3,(H,21,22)/t14-/m0/s1. The lowest BCUT2D eigenvalue weighted by molar-refractivity contribution is -0.143. The van der Waals surface area contributed by atoms with Crippen LogP contribution in [0.3, 0.4) is 0 Å². The smallest absolute Gasteiger partial charge is 0.305 e. The van der Waals surface area contributed by atoms with Crippen molar-refractivity contribution in [2.45, 2.75) is 18.9 Å². The van der Waals surface area contributed by atoms with Crippen LogP contribution in [-0.2, 0) is 25.4 Å². The van der Waals surface area contributed by atoms with Crippen LogP contribution in [0.4, 0.5) is 0 Å². The first-order valence-electron chi connectivity index (χ1n) is 8.66. The van der Waals surface area contributed by atoms with Crippen LogP contribution in [0.2, 0.25) is 0 Å². The maximum Gasteiger partial charge on any atom is 0.305 e. The van der Waals surface area contributed by atoms with Gasteiger partial charge in [-0.1, -0.05) is 12.1 Å². The van der Waals surface area contributed by atoms with E-state index in [0.717, 1.165) is 16.3 Å². The summed E-state index contributed by atoms with van der Waals surface area (Å²) in [7, 11) is 6.16. The molecule has 8 heteroatoms. The normalized spacial score (nSPS) is 12.0. The molecule has 1 atom stereocenters. The molecule has 2 rings (SSSR count). The molecule has 0 radical (unpaired) electrons. The summed E-state index contributed by atoms with van der Waals surface area (Å²) in [5.41, 5.74) is 0.762. The number of carbonyl (C=O) groups is 1. The van der Waals surface area contributed by atoms with Crippen molar-refractivity contribution in [3.63, 3.8) is 0 Å². The Morgan fingerprint density at radius 3 is 2.39 bits per heavy atom. The van der Waals surface area contributed by atoms with Crippen LogP contribution >= 0.6 is 0 Å². The van der Waals surface area contributed by atoms with Gasteiger partial charge >= 0.3 is 5.97 Å². The second kappa shape index (κ2) is 10.7. The zero-order valence-electron chi connectivity index (χ0n) is 16.5. The molecule has 0 saturated carbocycles. The van der Waals surface area contributed by atoms with Gasteiger partial charge in [-0.25, -0.2) is 0 Å². The molecule has 8 nitrogen and oxygen atoms in total. The highest BCUT2D eigenvalue weighted by molar-refractivity contribution is 5.99. The van der Waals surface area contributed by atoms with Crippen molar-refractivity contribution >= 4 is 16.7 Å². The zero-order valence-corrected chi connectivity index (χ0v) is 16.5. The summed E-state index contributed by atoms with van der Waals surface area (Å²) in [6, 6.07) is 7.36. The Kier molecular flexibility index (Phi) is 8.31. The highest BCUT2D eigenvalue weighted by Gasteiger charge is 2.22. The van der Waals surface area contributed by atoms with Gasteiger partial charge in [-0.3, -0.25) is 4.79 Å². The number of rotatable bonds is 12. The van der Waals surface area contributed by atoms with E-state index in [-0.39, 0.29) is 20.0 Å². The first-order chi connectivity index (χ1) is 13.5. The number of aliphatic carboxylic acids is 1. The molecule has 0 saturated heterocycles. The van der Waals surface area contributed by atoms with Crippen molar-refractivity contribution in [1.29, 1.82) is 0 Å². The maximum absolute atomic E-state index is 11.2. The van der Waals surface area contributed by atoms with E-state index in [1.165, 1.54) is 7.11 Å². The molecule has 2 aromatic carbocycles. The second-order valence-electron chi connectivity index (χ2n) is 6.00. The van der Waals surface area contributed by atoms with Crippen LogP contribution in [-0.4, -0.2) is 59.2 Å². The zero-order chi connectivity index (χ0) is 20.5. The van der Waals surface area contributed by atoms with Gasteiger partial charge in [0.15, 0.2) is 6.79 Å². The summed E-state index contributed by atoms with van der Waals surface area (Å²) < 4.78 is 32.3. The minimum Gasteiger partial charge on any atom is -0.496 e. The fraction of sp³-hybridized carbons (Fsp3) is 0.450. The minimum absolute atomic E-state index is 0.0000156. The monoisotopic (exact) mass is 394 g/mol. The predicted octanol–water partition coefficient (Wildman–Crippen LogP) is 2.85. The fourth-order valence-electron chi connectivity index (χ4n) is 3.03. The van der Waals surface area contributed by atoms with E-state index in [0.29, 0.717) is 23.7 Å². The predicted molar refractivity (Wildman–Crippen MR) is 102 cm³/mol. The molecule has 28 heavy (non-hydrogen) atoms. The Morgan fingerprint density at radius 2 is 1.79 bits per heavy atom. The molecule has 0 spiro atoms. The Labute approximate surface area is 163 Å². The molecular weight excluding hydrogens is 368 g/mol. The van der Waals surface area contributed by atoms with E-state index < -0.39 is 12.1 Å². The van der Waals surface area contributed by atoms with Crippen molar-refractivity contribution in [3.8, 4) is 17.2 Å². The molecule has 0 heterocycles. The van der Waals surface area contributed by atoms with Gasteiger partial charge in [-0.2, -0.15) is 0 Å². The average Bonchev–Trinajstić information content (AvgIpc) is 2.69. The Morgan fingerprint density at radius 1 is 1.04 bits per heavy atom. The average molecular weight is 394 g/mol. The summed E-state index contributed by atoms with van der Waals surface area (Å²) in [4.78, 5) is 11.2. The molecular formula is C20H26O8. The van der Waals surface area contributed by atoms with Gasteiger partial charge in [0.2, 0.25) is 0 Å². The maximum atomic E-state index is 11.2. The van der Waals surface area contributed by atoms with Crippen LogP contribution in [0.25, 0.3) is 10.8 Å².